The molecule has 0 bridgehead atoms. The largest absolute Gasteiger partial charge is 0.478 e. The molecule has 21 heavy (non-hydrogen) atoms. The molecule has 1 saturated heterocycles. The first-order valence-electron chi connectivity index (χ1n) is 6.92. The van der Waals surface area contributed by atoms with E-state index >= 15 is 0 Å². The van der Waals surface area contributed by atoms with E-state index in [-0.39, 0.29) is 23.8 Å². The molecule has 1 aliphatic heterocycles. The molecule has 2 rings (SSSR count). The van der Waals surface area contributed by atoms with Gasteiger partial charge in [0, 0.05) is 13.1 Å². The van der Waals surface area contributed by atoms with Crippen LogP contribution in [0.15, 0.2) is 18.2 Å². The molecule has 1 aliphatic rings. The summed E-state index contributed by atoms with van der Waals surface area (Å²) in [7, 11) is 0. The van der Waals surface area contributed by atoms with Gasteiger partial charge in [0.2, 0.25) is 0 Å². The van der Waals surface area contributed by atoms with E-state index in [1.165, 1.54) is 0 Å². The normalized spacial score (nSPS) is 22.0. The Labute approximate surface area is 123 Å². The van der Waals surface area contributed by atoms with Crippen molar-refractivity contribution in [2.24, 2.45) is 0 Å². The minimum absolute atomic E-state index is 0.0315. The Morgan fingerprint density at radius 3 is 2.48 bits per heavy atom. The van der Waals surface area contributed by atoms with Crippen molar-refractivity contribution in [2.75, 3.05) is 18.4 Å². The van der Waals surface area contributed by atoms with Crippen LogP contribution in [0.5, 0.6) is 0 Å². The highest BCUT2D eigenvalue weighted by Gasteiger charge is 2.26. The van der Waals surface area contributed by atoms with Gasteiger partial charge in [-0.25, -0.2) is 9.59 Å². The fraction of sp³-hybridized carbons (Fsp3) is 0.467. The second-order valence-electron chi connectivity index (χ2n) is 5.40. The summed E-state index contributed by atoms with van der Waals surface area (Å²) in [4.78, 5) is 25.3. The molecule has 0 aromatic heterocycles. The summed E-state index contributed by atoms with van der Waals surface area (Å²) in [6.45, 7) is 6.50. The number of urea groups is 1. The monoisotopic (exact) mass is 292 g/mol. The van der Waals surface area contributed by atoms with E-state index in [0.29, 0.717) is 24.3 Å². The number of carbonyl (C=O) groups excluding carboxylic acids is 1. The molecule has 1 heterocycles. The van der Waals surface area contributed by atoms with Crippen molar-refractivity contribution in [2.45, 2.75) is 33.0 Å². The number of benzene rings is 1. The Balaban J connectivity index is 2.16. The molecule has 1 aromatic carbocycles. The first-order valence-corrected chi connectivity index (χ1v) is 6.92. The van der Waals surface area contributed by atoms with Crippen molar-refractivity contribution >= 4 is 17.7 Å². The molecule has 0 unspecified atom stereocenters. The molecule has 1 fully saturated rings. The third-order valence-electron chi connectivity index (χ3n) is 3.44. The molecule has 6 nitrogen and oxygen atoms in total. The molecular formula is C15H20N2O4. The highest BCUT2D eigenvalue weighted by atomic mass is 16.5. The number of anilines is 1. The van der Waals surface area contributed by atoms with Crippen LogP contribution in [0.25, 0.3) is 0 Å². The Kier molecular flexibility index (Phi) is 4.47. The average Bonchev–Trinajstić information content (AvgIpc) is 2.37. The number of aryl methyl sites for hydroxylation is 1. The Morgan fingerprint density at radius 2 is 1.90 bits per heavy atom. The van der Waals surface area contributed by atoms with Crippen LogP contribution < -0.4 is 5.32 Å². The van der Waals surface area contributed by atoms with Crippen molar-refractivity contribution in [3.8, 4) is 0 Å². The molecule has 0 spiro atoms. The van der Waals surface area contributed by atoms with Crippen molar-refractivity contribution in [1.29, 1.82) is 0 Å². The number of carbonyl (C=O) groups is 2. The number of hydrogen-bond donors (Lipinski definition) is 2. The van der Waals surface area contributed by atoms with Crippen molar-refractivity contribution in [3.63, 3.8) is 0 Å². The van der Waals surface area contributed by atoms with Gasteiger partial charge in [0.1, 0.15) is 0 Å². The molecule has 1 aromatic rings. The van der Waals surface area contributed by atoms with Gasteiger partial charge in [-0.15, -0.1) is 0 Å². The highest BCUT2D eigenvalue weighted by Crippen LogP contribution is 2.21. The van der Waals surface area contributed by atoms with Crippen LogP contribution >= 0.6 is 0 Å². The smallest absolute Gasteiger partial charge is 0.338 e. The fourth-order valence-electron chi connectivity index (χ4n) is 2.59. The zero-order valence-corrected chi connectivity index (χ0v) is 12.4. The Morgan fingerprint density at radius 1 is 1.29 bits per heavy atom. The molecule has 0 saturated carbocycles. The Hall–Kier alpha value is -2.08. The predicted octanol–water partition coefficient (Wildman–Crippen LogP) is 2.33. The molecule has 114 valence electrons. The predicted molar refractivity (Wildman–Crippen MR) is 78.7 cm³/mol. The Bertz CT molecular complexity index is 549. The second kappa shape index (κ2) is 6.13. The van der Waals surface area contributed by atoms with E-state index in [2.05, 4.69) is 5.32 Å². The van der Waals surface area contributed by atoms with E-state index in [0.717, 1.165) is 0 Å². The zero-order valence-electron chi connectivity index (χ0n) is 12.4. The van der Waals surface area contributed by atoms with E-state index < -0.39 is 5.97 Å². The number of ether oxygens (including phenoxy) is 1. The summed E-state index contributed by atoms with van der Waals surface area (Å²) < 4.78 is 5.58. The highest BCUT2D eigenvalue weighted by molar-refractivity contribution is 6.01. The first kappa shape index (κ1) is 15.3. The van der Waals surface area contributed by atoms with Crippen molar-refractivity contribution in [1.82, 2.24) is 4.90 Å². The number of morpholine rings is 1. The molecular weight excluding hydrogens is 272 g/mol. The summed E-state index contributed by atoms with van der Waals surface area (Å²) in [5, 5.41) is 12.0. The van der Waals surface area contributed by atoms with Gasteiger partial charge in [0.25, 0.3) is 0 Å². The van der Waals surface area contributed by atoms with Gasteiger partial charge in [-0.3, -0.25) is 0 Å². The van der Waals surface area contributed by atoms with E-state index in [1.54, 1.807) is 30.0 Å². The summed E-state index contributed by atoms with van der Waals surface area (Å²) in [6.07, 6.45) is -0.0630. The van der Waals surface area contributed by atoms with Gasteiger partial charge in [-0.2, -0.15) is 0 Å². The van der Waals surface area contributed by atoms with Gasteiger partial charge < -0.3 is 20.1 Å². The SMILES string of the molecule is Cc1cccc(NC(=O)N2C[C@@H](C)O[C@@H](C)C2)c1C(=O)O. The number of amides is 2. The van der Waals surface area contributed by atoms with Crippen LogP contribution in [0.1, 0.15) is 29.8 Å². The lowest BCUT2D eigenvalue weighted by Crippen LogP contribution is -2.49. The molecule has 0 aliphatic carbocycles. The van der Waals surface area contributed by atoms with Crippen molar-refractivity contribution in [3.05, 3.63) is 29.3 Å². The van der Waals surface area contributed by atoms with Crippen molar-refractivity contribution < 1.29 is 19.4 Å². The number of carboxylic acid groups (broad SMARTS) is 1. The average molecular weight is 292 g/mol. The zero-order chi connectivity index (χ0) is 15.6. The van der Waals surface area contributed by atoms with Gasteiger partial charge >= 0.3 is 12.0 Å². The van der Waals surface area contributed by atoms with Crippen LogP contribution in [0.2, 0.25) is 0 Å². The maximum atomic E-state index is 12.3. The number of hydrogen-bond acceptors (Lipinski definition) is 3. The number of nitrogens with zero attached hydrogens (tertiary/aromatic N) is 1. The van der Waals surface area contributed by atoms with Gasteiger partial charge in [0.05, 0.1) is 23.5 Å². The molecule has 2 amide bonds. The summed E-state index contributed by atoms with van der Waals surface area (Å²) in [6, 6.07) is 4.73. The van der Waals surface area contributed by atoms with Gasteiger partial charge in [-0.05, 0) is 32.4 Å². The molecule has 2 N–H and O–H groups in total. The molecule has 6 heteroatoms. The van der Waals surface area contributed by atoms with Crippen LogP contribution in [-0.4, -0.2) is 47.3 Å². The molecule has 2 atom stereocenters. The van der Waals surface area contributed by atoms with E-state index in [9.17, 15) is 14.7 Å². The third kappa shape index (κ3) is 3.52. The number of aromatic carboxylic acids is 1. The quantitative estimate of drug-likeness (QED) is 0.877. The fourth-order valence-corrected chi connectivity index (χ4v) is 2.59. The first-order chi connectivity index (χ1) is 9.88. The third-order valence-corrected chi connectivity index (χ3v) is 3.44. The number of rotatable bonds is 2. The minimum atomic E-state index is -1.05. The summed E-state index contributed by atoms with van der Waals surface area (Å²) >= 11 is 0. The van der Waals surface area contributed by atoms with Gasteiger partial charge in [0.15, 0.2) is 0 Å². The molecule has 0 radical (unpaired) electrons. The maximum absolute atomic E-state index is 12.3. The summed E-state index contributed by atoms with van der Waals surface area (Å²) in [5.74, 6) is -1.05. The number of carboxylic acids is 1. The topological polar surface area (TPSA) is 78.9 Å². The standard InChI is InChI=1S/C15H20N2O4/c1-9-5-4-6-12(13(9)14(18)19)16-15(20)17-7-10(2)21-11(3)8-17/h4-6,10-11H,7-8H2,1-3H3,(H,16,20)(H,18,19)/t10-,11+. The lowest BCUT2D eigenvalue weighted by molar-refractivity contribution is -0.0530. The maximum Gasteiger partial charge on any atom is 0.338 e. The van der Waals surface area contributed by atoms with Crippen LogP contribution in [0, 0.1) is 6.92 Å². The second-order valence-corrected chi connectivity index (χ2v) is 5.40. The number of nitrogens with one attached hydrogen (secondary N) is 1. The van der Waals surface area contributed by atoms with Crippen LogP contribution in [0.4, 0.5) is 10.5 Å². The van der Waals surface area contributed by atoms with Gasteiger partial charge in [-0.1, -0.05) is 12.1 Å². The lowest BCUT2D eigenvalue weighted by atomic mass is 10.1. The van der Waals surface area contributed by atoms with Crippen LogP contribution in [0.3, 0.4) is 0 Å². The van der Waals surface area contributed by atoms with E-state index in [4.69, 9.17) is 4.74 Å². The van der Waals surface area contributed by atoms with Crippen LogP contribution in [-0.2, 0) is 4.74 Å². The lowest BCUT2D eigenvalue weighted by Gasteiger charge is -2.35. The minimum Gasteiger partial charge on any atom is -0.478 e. The summed E-state index contributed by atoms with van der Waals surface area (Å²) in [5.41, 5.74) is 1.06. The van der Waals surface area contributed by atoms with E-state index in [1.807, 2.05) is 13.8 Å².